The van der Waals surface area contributed by atoms with Gasteiger partial charge < -0.3 is 14.5 Å². The Labute approximate surface area is 148 Å². The summed E-state index contributed by atoms with van der Waals surface area (Å²) in [5.74, 6) is -0.108. The van der Waals surface area contributed by atoms with E-state index in [0.29, 0.717) is 30.8 Å². The maximum atomic E-state index is 12.8. The van der Waals surface area contributed by atoms with Gasteiger partial charge in [-0.05, 0) is 45.2 Å². The zero-order chi connectivity index (χ0) is 18.2. The third-order valence-corrected chi connectivity index (χ3v) is 4.58. The van der Waals surface area contributed by atoms with Crippen LogP contribution in [0.1, 0.15) is 55.1 Å². The van der Waals surface area contributed by atoms with Gasteiger partial charge in [0.05, 0.1) is 23.2 Å². The van der Waals surface area contributed by atoms with Gasteiger partial charge >= 0.3 is 6.09 Å². The van der Waals surface area contributed by atoms with E-state index in [-0.39, 0.29) is 18.0 Å². The van der Waals surface area contributed by atoms with Crippen molar-refractivity contribution in [1.29, 1.82) is 5.26 Å². The molecule has 3 rings (SSSR count). The molecule has 0 bridgehead atoms. The topological polar surface area (TPSA) is 73.6 Å². The first kappa shape index (κ1) is 17.3. The van der Waals surface area contributed by atoms with Crippen molar-refractivity contribution >= 4 is 12.0 Å². The number of hydrogen-bond acceptors (Lipinski definition) is 4. The molecule has 1 saturated heterocycles. The highest BCUT2D eigenvalue weighted by Gasteiger charge is 2.37. The number of fused-ring (bicyclic) bond motifs is 1. The summed E-state index contributed by atoms with van der Waals surface area (Å²) in [6.45, 7) is 7.14. The molecule has 6 heteroatoms. The highest BCUT2D eigenvalue weighted by molar-refractivity contribution is 6.00. The Kier molecular flexibility index (Phi) is 4.42. The van der Waals surface area contributed by atoms with Gasteiger partial charge in [0.15, 0.2) is 0 Å². The van der Waals surface area contributed by atoms with Crippen molar-refractivity contribution in [3.63, 3.8) is 0 Å². The minimum atomic E-state index is -0.536. The van der Waals surface area contributed by atoms with E-state index in [0.717, 1.165) is 18.4 Å². The second-order valence-electron chi connectivity index (χ2n) is 7.61. The molecule has 0 radical (unpaired) electrons. The van der Waals surface area contributed by atoms with Crippen LogP contribution >= 0.6 is 0 Å². The van der Waals surface area contributed by atoms with Crippen molar-refractivity contribution in [1.82, 2.24) is 9.80 Å². The zero-order valence-electron chi connectivity index (χ0n) is 14.9. The molecule has 2 amide bonds. The molecule has 2 aliphatic heterocycles. The van der Waals surface area contributed by atoms with Crippen molar-refractivity contribution in [2.24, 2.45) is 0 Å². The van der Waals surface area contributed by atoms with E-state index in [4.69, 9.17) is 4.74 Å². The van der Waals surface area contributed by atoms with Crippen molar-refractivity contribution in [3.05, 3.63) is 34.9 Å². The SMILES string of the molecule is CC(C)(C)OC(=O)N1CCCC(N2Cc3cccc(C#N)c3C2=O)C1. The molecule has 1 atom stereocenters. The van der Waals surface area contributed by atoms with E-state index < -0.39 is 5.60 Å². The number of rotatable bonds is 1. The second kappa shape index (κ2) is 6.40. The number of hydrogen-bond donors (Lipinski definition) is 0. The zero-order valence-corrected chi connectivity index (χ0v) is 14.9. The lowest BCUT2D eigenvalue weighted by Gasteiger charge is -2.38. The number of amides is 2. The normalized spacial score (nSPS) is 20.2. The van der Waals surface area contributed by atoms with Crippen molar-refractivity contribution in [2.75, 3.05) is 13.1 Å². The summed E-state index contributed by atoms with van der Waals surface area (Å²) in [5, 5.41) is 9.25. The molecule has 2 aliphatic rings. The third-order valence-electron chi connectivity index (χ3n) is 4.58. The number of nitrogens with zero attached hydrogens (tertiary/aromatic N) is 3. The molecule has 1 aromatic rings. The van der Waals surface area contributed by atoms with Crippen LogP contribution in [0.3, 0.4) is 0 Å². The van der Waals surface area contributed by atoms with Gasteiger partial charge in [0.25, 0.3) is 5.91 Å². The molecule has 1 aromatic carbocycles. The number of ether oxygens (including phenoxy) is 1. The predicted octanol–water partition coefficient (Wildman–Crippen LogP) is 2.91. The van der Waals surface area contributed by atoms with Crippen LogP contribution < -0.4 is 0 Å². The Balaban J connectivity index is 1.74. The molecule has 0 aromatic heterocycles. The van der Waals surface area contributed by atoms with Crippen LogP contribution in [0, 0.1) is 11.3 Å². The Morgan fingerprint density at radius 2 is 2.12 bits per heavy atom. The first-order chi connectivity index (χ1) is 11.8. The summed E-state index contributed by atoms with van der Waals surface area (Å²) in [6, 6.07) is 7.43. The van der Waals surface area contributed by atoms with E-state index in [1.165, 1.54) is 0 Å². The molecule has 6 nitrogen and oxygen atoms in total. The molecule has 0 spiro atoms. The smallest absolute Gasteiger partial charge is 0.410 e. The number of carbonyl (C=O) groups excluding carboxylic acids is 2. The Hall–Kier alpha value is -2.55. The first-order valence-electron chi connectivity index (χ1n) is 8.61. The van der Waals surface area contributed by atoms with Crippen molar-refractivity contribution in [2.45, 2.75) is 51.8 Å². The van der Waals surface area contributed by atoms with Crippen LogP contribution in [0.15, 0.2) is 18.2 Å². The van der Waals surface area contributed by atoms with Gasteiger partial charge in [0.2, 0.25) is 0 Å². The summed E-state index contributed by atoms with van der Waals surface area (Å²) in [5.41, 5.74) is 1.29. The lowest BCUT2D eigenvalue weighted by molar-refractivity contribution is 0.0106. The average Bonchev–Trinajstić information content (AvgIpc) is 2.90. The van der Waals surface area contributed by atoms with E-state index in [2.05, 4.69) is 6.07 Å². The van der Waals surface area contributed by atoms with Crippen LogP contribution in [-0.2, 0) is 11.3 Å². The Morgan fingerprint density at radius 3 is 2.80 bits per heavy atom. The number of benzene rings is 1. The fourth-order valence-electron chi connectivity index (χ4n) is 3.47. The quantitative estimate of drug-likeness (QED) is 0.787. The molecule has 132 valence electrons. The van der Waals surface area contributed by atoms with Gasteiger partial charge in [-0.2, -0.15) is 5.26 Å². The third kappa shape index (κ3) is 3.46. The standard InChI is InChI=1S/C19H23N3O3/c1-19(2,3)25-18(24)21-9-5-8-15(12-21)22-11-14-7-4-6-13(10-20)16(14)17(22)23/h4,6-7,15H,5,8-9,11-12H2,1-3H3. The van der Waals surface area contributed by atoms with Gasteiger partial charge in [0, 0.05) is 19.6 Å². The second-order valence-corrected chi connectivity index (χ2v) is 7.61. The molecule has 0 N–H and O–H groups in total. The molecule has 1 unspecified atom stereocenters. The maximum absolute atomic E-state index is 12.8. The van der Waals surface area contributed by atoms with Crippen LogP contribution in [0.2, 0.25) is 0 Å². The van der Waals surface area contributed by atoms with Crippen LogP contribution in [0.5, 0.6) is 0 Å². The Bertz CT molecular complexity index is 745. The summed E-state index contributed by atoms with van der Waals surface area (Å²) in [4.78, 5) is 28.6. The molecule has 25 heavy (non-hydrogen) atoms. The van der Waals surface area contributed by atoms with Gasteiger partial charge in [-0.15, -0.1) is 0 Å². The van der Waals surface area contributed by atoms with Crippen LogP contribution in [0.4, 0.5) is 4.79 Å². The first-order valence-corrected chi connectivity index (χ1v) is 8.61. The number of nitriles is 1. The molecular weight excluding hydrogens is 318 g/mol. The van der Waals surface area contributed by atoms with Crippen molar-refractivity contribution < 1.29 is 14.3 Å². The molecule has 1 fully saturated rings. The van der Waals surface area contributed by atoms with E-state index in [1.54, 1.807) is 15.9 Å². The lowest BCUT2D eigenvalue weighted by atomic mass is 10.0. The predicted molar refractivity (Wildman–Crippen MR) is 91.9 cm³/mol. The fraction of sp³-hybridized carbons (Fsp3) is 0.526. The molecule has 0 aliphatic carbocycles. The van der Waals surface area contributed by atoms with Crippen LogP contribution in [-0.4, -0.2) is 46.5 Å². The largest absolute Gasteiger partial charge is 0.444 e. The number of piperidine rings is 1. The van der Waals surface area contributed by atoms with Gasteiger partial charge in [-0.1, -0.05) is 12.1 Å². The number of carbonyl (C=O) groups is 2. The van der Waals surface area contributed by atoms with Gasteiger partial charge in [-0.25, -0.2) is 4.79 Å². The van der Waals surface area contributed by atoms with E-state index in [9.17, 15) is 14.9 Å². The fourth-order valence-corrected chi connectivity index (χ4v) is 3.47. The van der Waals surface area contributed by atoms with E-state index >= 15 is 0 Å². The van der Waals surface area contributed by atoms with Crippen LogP contribution in [0.25, 0.3) is 0 Å². The van der Waals surface area contributed by atoms with Crippen molar-refractivity contribution in [3.8, 4) is 6.07 Å². The molecule has 2 heterocycles. The summed E-state index contributed by atoms with van der Waals surface area (Å²) < 4.78 is 5.45. The minimum Gasteiger partial charge on any atom is -0.444 e. The number of likely N-dealkylation sites (tertiary alicyclic amines) is 1. The Morgan fingerprint density at radius 1 is 1.36 bits per heavy atom. The molecule has 0 saturated carbocycles. The average molecular weight is 341 g/mol. The van der Waals surface area contributed by atoms with Gasteiger partial charge in [0.1, 0.15) is 5.60 Å². The lowest BCUT2D eigenvalue weighted by Crippen LogP contribution is -2.50. The van der Waals surface area contributed by atoms with Gasteiger partial charge in [-0.3, -0.25) is 4.79 Å². The monoisotopic (exact) mass is 341 g/mol. The summed E-state index contributed by atoms with van der Waals surface area (Å²) in [7, 11) is 0. The van der Waals surface area contributed by atoms with E-state index in [1.807, 2.05) is 32.9 Å². The molecular formula is C19H23N3O3. The highest BCUT2D eigenvalue weighted by atomic mass is 16.6. The maximum Gasteiger partial charge on any atom is 0.410 e. The minimum absolute atomic E-state index is 0.0484. The highest BCUT2D eigenvalue weighted by Crippen LogP contribution is 2.30. The summed E-state index contributed by atoms with van der Waals surface area (Å²) in [6.07, 6.45) is 1.34. The summed E-state index contributed by atoms with van der Waals surface area (Å²) >= 11 is 0.